The molecule has 2 aliphatic rings. The smallest absolute Gasteiger partial charge is 0.325 e. The van der Waals surface area contributed by atoms with Gasteiger partial charge < -0.3 is 15.2 Å². The van der Waals surface area contributed by atoms with Gasteiger partial charge in [-0.3, -0.25) is 9.69 Å². The molecule has 3 amide bonds. The van der Waals surface area contributed by atoms with Crippen molar-refractivity contribution in [3.63, 3.8) is 0 Å². The van der Waals surface area contributed by atoms with Crippen molar-refractivity contribution in [3.05, 3.63) is 71.3 Å². The Morgan fingerprint density at radius 1 is 1.03 bits per heavy atom. The van der Waals surface area contributed by atoms with Gasteiger partial charge in [0, 0.05) is 0 Å². The van der Waals surface area contributed by atoms with E-state index in [1.54, 1.807) is 24.3 Å². The predicted octanol–water partition coefficient (Wildman–Crippen LogP) is 3.93. The normalized spacial score (nSPS) is 23.9. The maximum Gasteiger partial charge on any atom is 0.325 e. The number of β-amino-alcohol motifs (C(OH)–C–C–N with tert-alkyl or cyclic N) is 1. The number of aliphatic hydroxyl groups excluding tert-OH is 1. The van der Waals surface area contributed by atoms with Gasteiger partial charge in [0.2, 0.25) is 0 Å². The van der Waals surface area contributed by atoms with Gasteiger partial charge in [-0.2, -0.15) is 0 Å². The lowest BCUT2D eigenvalue weighted by molar-refractivity contribution is -0.134. The van der Waals surface area contributed by atoms with Crippen LogP contribution in [0.2, 0.25) is 0 Å². The number of carbonyl (C=O) groups is 2. The number of benzene rings is 2. The average Bonchev–Trinajstić information content (AvgIpc) is 3.02. The van der Waals surface area contributed by atoms with Gasteiger partial charge in [0.05, 0.1) is 19.3 Å². The lowest BCUT2D eigenvalue weighted by Gasteiger charge is -2.33. The monoisotopic (exact) mass is 458 g/mol. The molecular weight excluding hydrogens is 430 g/mol. The summed E-state index contributed by atoms with van der Waals surface area (Å²) in [4.78, 5) is 26.6. The van der Waals surface area contributed by atoms with E-state index in [0.29, 0.717) is 29.9 Å². The van der Waals surface area contributed by atoms with E-state index in [4.69, 9.17) is 4.74 Å². The van der Waals surface area contributed by atoms with Crippen LogP contribution in [0.25, 0.3) is 0 Å². The fraction of sp³-hybridized carbons (Fsp3) is 0.440. The summed E-state index contributed by atoms with van der Waals surface area (Å²) in [5.74, 6) is -0.585. The van der Waals surface area contributed by atoms with Crippen LogP contribution in [-0.4, -0.2) is 46.7 Å². The molecule has 0 radical (unpaired) electrons. The third-order valence-corrected chi connectivity index (χ3v) is 6.57. The number of halogens is 2. The topological polar surface area (TPSA) is 78.9 Å². The first-order valence-electron chi connectivity index (χ1n) is 11.2. The molecule has 2 aromatic carbocycles. The van der Waals surface area contributed by atoms with Gasteiger partial charge in [-0.15, -0.1) is 0 Å². The minimum Gasteiger partial charge on any atom is -0.389 e. The lowest BCUT2D eigenvalue weighted by atomic mass is 9.77. The molecule has 2 N–H and O–H groups in total. The average molecular weight is 459 g/mol. The molecule has 4 rings (SSSR count). The van der Waals surface area contributed by atoms with E-state index < -0.39 is 35.4 Å². The number of rotatable bonds is 7. The highest BCUT2D eigenvalue weighted by molar-refractivity contribution is 6.07. The molecule has 6 nitrogen and oxygen atoms in total. The first-order valence-corrected chi connectivity index (χ1v) is 11.2. The Morgan fingerprint density at radius 3 is 2.06 bits per heavy atom. The highest BCUT2D eigenvalue weighted by Gasteiger charge is 2.52. The molecule has 1 spiro atoms. The minimum atomic E-state index is -1.12. The molecule has 1 aliphatic carbocycles. The molecule has 1 heterocycles. The number of hydrogen-bond acceptors (Lipinski definition) is 4. The van der Waals surface area contributed by atoms with Crippen LogP contribution in [0.1, 0.15) is 49.8 Å². The van der Waals surface area contributed by atoms with Gasteiger partial charge in [-0.1, -0.05) is 31.2 Å². The van der Waals surface area contributed by atoms with Crippen molar-refractivity contribution in [2.24, 2.45) is 5.92 Å². The summed E-state index contributed by atoms with van der Waals surface area (Å²) in [6.07, 6.45) is 1.11. The second-order valence-corrected chi connectivity index (χ2v) is 9.08. The van der Waals surface area contributed by atoms with Crippen molar-refractivity contribution in [1.29, 1.82) is 0 Å². The van der Waals surface area contributed by atoms with Crippen LogP contribution < -0.4 is 5.32 Å². The number of nitrogens with one attached hydrogen (secondary N) is 1. The van der Waals surface area contributed by atoms with Crippen LogP contribution in [0.4, 0.5) is 13.6 Å². The Labute approximate surface area is 191 Å². The van der Waals surface area contributed by atoms with Crippen LogP contribution in [0.5, 0.6) is 0 Å². The molecule has 33 heavy (non-hydrogen) atoms. The van der Waals surface area contributed by atoms with Crippen LogP contribution in [0, 0.1) is 17.6 Å². The van der Waals surface area contributed by atoms with Crippen LogP contribution in [-0.2, 0) is 9.53 Å². The summed E-state index contributed by atoms with van der Waals surface area (Å²) in [7, 11) is 0. The predicted molar refractivity (Wildman–Crippen MR) is 117 cm³/mol. The highest BCUT2D eigenvalue weighted by Crippen LogP contribution is 2.36. The van der Waals surface area contributed by atoms with Gasteiger partial charge in [-0.05, 0) is 67.0 Å². The first kappa shape index (κ1) is 23.3. The Morgan fingerprint density at radius 2 is 1.55 bits per heavy atom. The molecule has 1 atom stereocenters. The second kappa shape index (κ2) is 9.57. The van der Waals surface area contributed by atoms with Gasteiger partial charge in [-0.25, -0.2) is 13.6 Å². The maximum absolute atomic E-state index is 13.4. The number of hydrogen-bond donors (Lipinski definition) is 2. The molecule has 1 saturated carbocycles. The molecule has 2 fully saturated rings. The zero-order valence-electron chi connectivity index (χ0n) is 18.5. The van der Waals surface area contributed by atoms with Crippen molar-refractivity contribution in [3.8, 4) is 0 Å². The number of imide groups is 1. The third-order valence-electron chi connectivity index (χ3n) is 6.57. The highest BCUT2D eigenvalue weighted by atomic mass is 19.1. The molecule has 0 aromatic heterocycles. The van der Waals surface area contributed by atoms with E-state index >= 15 is 0 Å². The summed E-state index contributed by atoms with van der Waals surface area (Å²) >= 11 is 0. The summed E-state index contributed by atoms with van der Waals surface area (Å²) in [5.41, 5.74) is 0.385. The number of amides is 3. The number of nitrogens with zero attached hydrogens (tertiary/aromatic N) is 1. The number of carbonyl (C=O) groups excluding carboxylic acids is 2. The van der Waals surface area contributed by atoms with Gasteiger partial charge in [0.15, 0.2) is 0 Å². The van der Waals surface area contributed by atoms with E-state index in [1.807, 2.05) is 0 Å². The summed E-state index contributed by atoms with van der Waals surface area (Å²) in [6, 6.07) is 10.9. The van der Waals surface area contributed by atoms with E-state index in [0.717, 1.165) is 17.7 Å². The fourth-order valence-corrected chi connectivity index (χ4v) is 4.57. The summed E-state index contributed by atoms with van der Waals surface area (Å²) in [5, 5.41) is 13.4. The Balaban J connectivity index is 1.43. The van der Waals surface area contributed by atoms with Crippen molar-refractivity contribution >= 4 is 11.9 Å². The fourth-order valence-electron chi connectivity index (χ4n) is 4.57. The molecule has 0 bridgehead atoms. The van der Waals surface area contributed by atoms with Gasteiger partial charge >= 0.3 is 6.03 Å². The maximum atomic E-state index is 13.4. The molecule has 1 unspecified atom stereocenters. The molecule has 2 aromatic rings. The van der Waals surface area contributed by atoms with Crippen LogP contribution >= 0.6 is 0 Å². The van der Waals surface area contributed by atoms with Gasteiger partial charge in [0.25, 0.3) is 5.91 Å². The van der Waals surface area contributed by atoms with E-state index in [-0.39, 0.29) is 19.1 Å². The number of ether oxygens (including phenoxy) is 1. The van der Waals surface area contributed by atoms with Crippen molar-refractivity contribution < 1.29 is 28.2 Å². The van der Waals surface area contributed by atoms with E-state index in [2.05, 4.69) is 12.2 Å². The number of urea groups is 1. The molecule has 176 valence electrons. The molecule has 8 heteroatoms. The Hall–Kier alpha value is -2.84. The largest absolute Gasteiger partial charge is 0.389 e. The quantitative estimate of drug-likeness (QED) is 0.617. The third kappa shape index (κ3) is 5.07. The zero-order chi connectivity index (χ0) is 23.6. The zero-order valence-corrected chi connectivity index (χ0v) is 18.5. The van der Waals surface area contributed by atoms with E-state index in [9.17, 15) is 23.5 Å². The molecular formula is C25H28F2N2O4. The van der Waals surface area contributed by atoms with Crippen LogP contribution in [0.15, 0.2) is 48.5 Å². The summed E-state index contributed by atoms with van der Waals surface area (Å²) in [6.45, 7) is 1.76. The molecule has 1 aliphatic heterocycles. The standard InChI is InChI=1S/C25H28F2N2O4/c1-16-10-12-25(13-11-16)23(31)29(24(32)28-25)14-21(30)15-33-22(17-2-6-19(26)7-3-17)18-4-8-20(27)9-5-18/h2-9,16,21-22,30H,10-15H2,1H3,(H,28,32). The number of aliphatic hydroxyl groups is 1. The SMILES string of the molecule is CC1CCC2(CC1)NC(=O)N(CC(O)COC(c1ccc(F)cc1)c1ccc(F)cc1)C2=O. The van der Waals surface area contributed by atoms with Crippen molar-refractivity contribution in [2.45, 2.75) is 50.4 Å². The molecule has 1 saturated heterocycles. The second-order valence-electron chi connectivity index (χ2n) is 9.08. The Kier molecular flexibility index (Phi) is 6.76. The van der Waals surface area contributed by atoms with Crippen LogP contribution in [0.3, 0.4) is 0 Å². The Bertz CT molecular complexity index is 943. The summed E-state index contributed by atoms with van der Waals surface area (Å²) < 4.78 is 32.7. The lowest BCUT2D eigenvalue weighted by Crippen LogP contribution is -2.49. The van der Waals surface area contributed by atoms with Crippen molar-refractivity contribution in [1.82, 2.24) is 10.2 Å². The van der Waals surface area contributed by atoms with E-state index in [1.165, 1.54) is 24.3 Å². The minimum absolute atomic E-state index is 0.180. The van der Waals surface area contributed by atoms with Crippen molar-refractivity contribution in [2.75, 3.05) is 13.2 Å². The first-order chi connectivity index (χ1) is 15.8. The van der Waals surface area contributed by atoms with Gasteiger partial charge in [0.1, 0.15) is 23.3 Å².